The molecule has 2 N–H and O–H groups in total. The van der Waals surface area contributed by atoms with Crippen LogP contribution >= 0.6 is 0 Å². The Kier molecular flexibility index (Phi) is 6.06. The number of rotatable bonds is 6. The van der Waals surface area contributed by atoms with E-state index in [-0.39, 0.29) is 24.4 Å². The van der Waals surface area contributed by atoms with Gasteiger partial charge in [0.05, 0.1) is 6.54 Å². The van der Waals surface area contributed by atoms with E-state index in [4.69, 9.17) is 0 Å². The molecule has 2 amide bonds. The van der Waals surface area contributed by atoms with Crippen LogP contribution in [-0.4, -0.2) is 24.4 Å². The third-order valence-corrected chi connectivity index (χ3v) is 2.66. The molecule has 1 rings (SSSR count). The van der Waals surface area contributed by atoms with Gasteiger partial charge in [-0.05, 0) is 32.8 Å². The second-order valence-electron chi connectivity index (χ2n) is 4.98. The Morgan fingerprint density at radius 3 is 2.32 bits per heavy atom. The molecule has 0 aliphatic carbocycles. The highest BCUT2D eigenvalue weighted by Gasteiger charge is 2.06. The van der Waals surface area contributed by atoms with E-state index >= 15 is 0 Å². The van der Waals surface area contributed by atoms with E-state index in [2.05, 4.69) is 10.6 Å². The maximum Gasteiger partial charge on any atom is 0.239 e. The molecule has 0 spiro atoms. The van der Waals surface area contributed by atoms with Crippen LogP contribution in [0, 0.1) is 6.92 Å². The molecule has 104 valence electrons. The zero-order valence-electron chi connectivity index (χ0n) is 11.8. The van der Waals surface area contributed by atoms with Crippen LogP contribution in [0.15, 0.2) is 24.3 Å². The Morgan fingerprint density at radius 1 is 1.11 bits per heavy atom. The molecule has 0 atom stereocenters. The van der Waals surface area contributed by atoms with Gasteiger partial charge in [0.2, 0.25) is 11.8 Å². The molecule has 1 aromatic carbocycles. The first-order chi connectivity index (χ1) is 8.97. The van der Waals surface area contributed by atoms with Gasteiger partial charge < -0.3 is 10.6 Å². The normalized spacial score (nSPS) is 10.3. The van der Waals surface area contributed by atoms with Crippen LogP contribution in [0.3, 0.4) is 0 Å². The van der Waals surface area contributed by atoms with Crippen molar-refractivity contribution in [3.8, 4) is 0 Å². The third kappa shape index (κ3) is 6.60. The summed E-state index contributed by atoms with van der Waals surface area (Å²) in [5, 5.41) is 5.34. The Balaban J connectivity index is 2.24. The summed E-state index contributed by atoms with van der Waals surface area (Å²) in [7, 11) is 0. The van der Waals surface area contributed by atoms with E-state index in [1.165, 1.54) is 5.56 Å². The van der Waals surface area contributed by atoms with E-state index in [1.54, 1.807) is 0 Å². The molecule has 4 heteroatoms. The Hall–Kier alpha value is -1.84. The second-order valence-corrected chi connectivity index (χ2v) is 4.98. The minimum Gasteiger partial charge on any atom is -0.352 e. The van der Waals surface area contributed by atoms with Crippen LogP contribution in [-0.2, 0) is 16.0 Å². The van der Waals surface area contributed by atoms with Crippen molar-refractivity contribution < 1.29 is 9.59 Å². The largest absolute Gasteiger partial charge is 0.352 e. The number of benzene rings is 1. The van der Waals surface area contributed by atoms with Crippen LogP contribution in [0.2, 0.25) is 0 Å². The van der Waals surface area contributed by atoms with Crippen molar-refractivity contribution >= 4 is 11.8 Å². The van der Waals surface area contributed by atoms with Gasteiger partial charge in [0.1, 0.15) is 0 Å². The first-order valence-electron chi connectivity index (χ1n) is 6.59. The van der Waals surface area contributed by atoms with E-state index in [0.717, 1.165) is 5.56 Å². The lowest BCUT2D eigenvalue weighted by atomic mass is 10.1. The molecule has 0 aliphatic rings. The molecule has 0 radical (unpaired) electrons. The van der Waals surface area contributed by atoms with Crippen molar-refractivity contribution in [1.29, 1.82) is 0 Å². The zero-order chi connectivity index (χ0) is 14.3. The molecule has 0 saturated heterocycles. The van der Waals surface area contributed by atoms with Gasteiger partial charge >= 0.3 is 0 Å². The van der Waals surface area contributed by atoms with Crippen molar-refractivity contribution in [2.75, 3.05) is 6.54 Å². The molecule has 0 aliphatic heterocycles. The molecule has 0 bridgehead atoms. The third-order valence-electron chi connectivity index (χ3n) is 2.66. The van der Waals surface area contributed by atoms with E-state index in [0.29, 0.717) is 12.8 Å². The summed E-state index contributed by atoms with van der Waals surface area (Å²) in [4.78, 5) is 22.9. The van der Waals surface area contributed by atoms with Gasteiger partial charge in [-0.2, -0.15) is 0 Å². The van der Waals surface area contributed by atoms with Crippen molar-refractivity contribution in [2.24, 2.45) is 0 Å². The number of hydrogen-bond donors (Lipinski definition) is 2. The van der Waals surface area contributed by atoms with Crippen molar-refractivity contribution in [1.82, 2.24) is 10.6 Å². The topological polar surface area (TPSA) is 58.2 Å². The first kappa shape index (κ1) is 15.2. The quantitative estimate of drug-likeness (QED) is 0.817. The van der Waals surface area contributed by atoms with Crippen molar-refractivity contribution in [2.45, 2.75) is 39.7 Å². The number of amides is 2. The molecule has 0 saturated carbocycles. The standard InChI is InChI=1S/C15H22N2O2/c1-11(2)17-15(19)10-16-14(18)9-8-13-6-4-12(3)5-7-13/h4-7,11H,8-10H2,1-3H3,(H,16,18)(H,17,19). The van der Waals surface area contributed by atoms with Crippen LogP contribution in [0.25, 0.3) is 0 Å². The molecule has 0 aromatic heterocycles. The molecule has 19 heavy (non-hydrogen) atoms. The summed E-state index contributed by atoms with van der Waals surface area (Å²) in [6.07, 6.45) is 1.09. The predicted molar refractivity (Wildman–Crippen MR) is 75.8 cm³/mol. The molecular formula is C15H22N2O2. The highest BCUT2D eigenvalue weighted by molar-refractivity contribution is 5.84. The fourth-order valence-electron chi connectivity index (χ4n) is 1.65. The maximum absolute atomic E-state index is 11.6. The van der Waals surface area contributed by atoms with Crippen molar-refractivity contribution in [3.63, 3.8) is 0 Å². The molecule has 4 nitrogen and oxygen atoms in total. The summed E-state index contributed by atoms with van der Waals surface area (Å²) in [6.45, 7) is 5.85. The number of carbonyl (C=O) groups excluding carboxylic acids is 2. The highest BCUT2D eigenvalue weighted by atomic mass is 16.2. The Bertz CT molecular complexity index is 424. The maximum atomic E-state index is 11.6. The van der Waals surface area contributed by atoms with E-state index < -0.39 is 0 Å². The van der Waals surface area contributed by atoms with Gasteiger partial charge in [-0.3, -0.25) is 9.59 Å². The predicted octanol–water partition coefficient (Wildman–Crippen LogP) is 1.57. The van der Waals surface area contributed by atoms with Crippen LogP contribution in [0.5, 0.6) is 0 Å². The van der Waals surface area contributed by atoms with Gasteiger partial charge in [-0.1, -0.05) is 29.8 Å². The molecule has 1 aromatic rings. The lowest BCUT2D eigenvalue weighted by Gasteiger charge is -2.09. The SMILES string of the molecule is Cc1ccc(CCC(=O)NCC(=O)NC(C)C)cc1. The Labute approximate surface area is 114 Å². The summed E-state index contributed by atoms with van der Waals surface area (Å²) in [6, 6.07) is 8.20. The van der Waals surface area contributed by atoms with Gasteiger partial charge in [0.15, 0.2) is 0 Å². The van der Waals surface area contributed by atoms with Crippen LogP contribution in [0.4, 0.5) is 0 Å². The lowest BCUT2D eigenvalue weighted by Crippen LogP contribution is -2.39. The van der Waals surface area contributed by atoms with Crippen LogP contribution < -0.4 is 10.6 Å². The van der Waals surface area contributed by atoms with Gasteiger partial charge in [-0.25, -0.2) is 0 Å². The molecule has 0 fully saturated rings. The second kappa shape index (κ2) is 7.56. The number of nitrogens with one attached hydrogen (secondary N) is 2. The fraction of sp³-hybridized carbons (Fsp3) is 0.467. The number of carbonyl (C=O) groups is 2. The zero-order valence-corrected chi connectivity index (χ0v) is 11.8. The summed E-state index contributed by atoms with van der Waals surface area (Å²) in [5.41, 5.74) is 2.34. The minimum absolute atomic E-state index is 0.0465. The summed E-state index contributed by atoms with van der Waals surface area (Å²) in [5.74, 6) is -0.252. The van der Waals surface area contributed by atoms with Crippen molar-refractivity contribution in [3.05, 3.63) is 35.4 Å². The number of aryl methyl sites for hydroxylation is 2. The van der Waals surface area contributed by atoms with Gasteiger partial charge in [0, 0.05) is 12.5 Å². The fourth-order valence-corrected chi connectivity index (χ4v) is 1.65. The van der Waals surface area contributed by atoms with Gasteiger partial charge in [0.25, 0.3) is 0 Å². The highest BCUT2D eigenvalue weighted by Crippen LogP contribution is 2.05. The van der Waals surface area contributed by atoms with E-state index in [9.17, 15) is 9.59 Å². The molecule has 0 unspecified atom stereocenters. The average Bonchev–Trinajstić information content (AvgIpc) is 2.35. The smallest absolute Gasteiger partial charge is 0.239 e. The first-order valence-corrected chi connectivity index (χ1v) is 6.59. The average molecular weight is 262 g/mol. The van der Waals surface area contributed by atoms with Crippen LogP contribution in [0.1, 0.15) is 31.4 Å². The minimum atomic E-state index is -0.154. The Morgan fingerprint density at radius 2 is 1.74 bits per heavy atom. The monoisotopic (exact) mass is 262 g/mol. The molecular weight excluding hydrogens is 240 g/mol. The van der Waals surface area contributed by atoms with Gasteiger partial charge in [-0.15, -0.1) is 0 Å². The van der Waals surface area contributed by atoms with E-state index in [1.807, 2.05) is 45.0 Å². The summed E-state index contributed by atoms with van der Waals surface area (Å²) < 4.78 is 0. The lowest BCUT2D eigenvalue weighted by molar-refractivity contribution is -0.126. The number of hydrogen-bond acceptors (Lipinski definition) is 2. The molecule has 0 heterocycles. The summed E-state index contributed by atoms with van der Waals surface area (Å²) >= 11 is 0.